The summed E-state index contributed by atoms with van der Waals surface area (Å²) in [4.78, 5) is 25.9. The number of benzene rings is 2. The maximum atomic E-state index is 14.3. The van der Waals surface area contributed by atoms with Crippen LogP contribution in [0.15, 0.2) is 58.1 Å². The van der Waals surface area contributed by atoms with Crippen molar-refractivity contribution in [3.63, 3.8) is 0 Å². The summed E-state index contributed by atoms with van der Waals surface area (Å²) in [6, 6.07) is 8.41. The lowest BCUT2D eigenvalue weighted by molar-refractivity contribution is -0.137. The van der Waals surface area contributed by atoms with E-state index in [9.17, 15) is 27.2 Å². The standard InChI is InChI=1S/C17H9ClF4N2O2/c18-11-4-5-13(12(19)7-11)24-14(8-15(25)23-16(24)26)9-2-1-3-10(6-9)17(20,21)22/h1-8H,(H,23,25,26). The number of aromatic amines is 1. The van der Waals surface area contributed by atoms with Gasteiger partial charge < -0.3 is 0 Å². The molecule has 0 amide bonds. The van der Waals surface area contributed by atoms with E-state index in [1.165, 1.54) is 18.2 Å². The van der Waals surface area contributed by atoms with Crippen LogP contribution < -0.4 is 11.2 Å². The van der Waals surface area contributed by atoms with Crippen molar-refractivity contribution in [2.24, 2.45) is 0 Å². The molecule has 1 heterocycles. The number of alkyl halides is 3. The molecule has 0 radical (unpaired) electrons. The number of halogens is 5. The SMILES string of the molecule is O=c1cc(-c2cccc(C(F)(F)F)c2)n(-c2ccc(Cl)cc2F)c(=O)[nH]1. The first-order chi connectivity index (χ1) is 12.2. The number of hydrogen-bond donors (Lipinski definition) is 1. The van der Waals surface area contributed by atoms with Gasteiger partial charge in [0.2, 0.25) is 0 Å². The molecule has 0 saturated heterocycles. The van der Waals surface area contributed by atoms with Crippen molar-refractivity contribution in [1.29, 1.82) is 0 Å². The van der Waals surface area contributed by atoms with E-state index in [2.05, 4.69) is 0 Å². The number of H-pyrrole nitrogens is 1. The minimum atomic E-state index is -4.62. The van der Waals surface area contributed by atoms with Gasteiger partial charge in [0.1, 0.15) is 5.82 Å². The summed E-state index contributed by atoms with van der Waals surface area (Å²) in [5, 5.41) is 0.0735. The van der Waals surface area contributed by atoms with Crippen molar-refractivity contribution < 1.29 is 17.6 Å². The summed E-state index contributed by atoms with van der Waals surface area (Å²) in [6.07, 6.45) is -4.62. The molecule has 0 aliphatic rings. The molecule has 0 aliphatic carbocycles. The molecular weight excluding hydrogens is 376 g/mol. The maximum Gasteiger partial charge on any atom is 0.416 e. The van der Waals surface area contributed by atoms with Crippen LogP contribution in [-0.4, -0.2) is 9.55 Å². The first-order valence-corrected chi connectivity index (χ1v) is 7.54. The zero-order valence-corrected chi connectivity index (χ0v) is 13.5. The molecule has 26 heavy (non-hydrogen) atoms. The van der Waals surface area contributed by atoms with Gasteiger partial charge in [0, 0.05) is 11.1 Å². The molecule has 1 N–H and O–H groups in total. The summed E-state index contributed by atoms with van der Waals surface area (Å²) in [5.41, 5.74) is -3.31. The zero-order chi connectivity index (χ0) is 19.1. The molecule has 3 rings (SSSR count). The van der Waals surface area contributed by atoms with E-state index < -0.39 is 28.8 Å². The van der Waals surface area contributed by atoms with Gasteiger partial charge in [-0.2, -0.15) is 13.2 Å². The summed E-state index contributed by atoms with van der Waals surface area (Å²) >= 11 is 5.69. The summed E-state index contributed by atoms with van der Waals surface area (Å²) < 4.78 is 53.9. The Balaban J connectivity index is 2.33. The van der Waals surface area contributed by atoms with Crippen molar-refractivity contribution in [2.45, 2.75) is 6.18 Å². The van der Waals surface area contributed by atoms with Crippen LogP contribution in [0.3, 0.4) is 0 Å². The van der Waals surface area contributed by atoms with Crippen LogP contribution in [0.25, 0.3) is 16.9 Å². The first-order valence-electron chi connectivity index (χ1n) is 7.16. The van der Waals surface area contributed by atoms with Crippen molar-refractivity contribution in [3.05, 3.63) is 85.8 Å². The van der Waals surface area contributed by atoms with Crippen molar-refractivity contribution in [3.8, 4) is 16.9 Å². The molecule has 2 aromatic carbocycles. The van der Waals surface area contributed by atoms with Gasteiger partial charge >= 0.3 is 11.9 Å². The van der Waals surface area contributed by atoms with E-state index in [1.807, 2.05) is 4.98 Å². The molecule has 1 aromatic heterocycles. The van der Waals surface area contributed by atoms with Crippen molar-refractivity contribution >= 4 is 11.6 Å². The van der Waals surface area contributed by atoms with E-state index in [0.717, 1.165) is 34.9 Å². The summed E-state index contributed by atoms with van der Waals surface area (Å²) in [6.45, 7) is 0. The molecule has 9 heteroatoms. The van der Waals surface area contributed by atoms with Gasteiger partial charge in [-0.15, -0.1) is 0 Å². The zero-order valence-electron chi connectivity index (χ0n) is 12.8. The minimum Gasteiger partial charge on any atom is -0.274 e. The maximum absolute atomic E-state index is 14.3. The van der Waals surface area contributed by atoms with Gasteiger partial charge in [0.15, 0.2) is 0 Å². The fourth-order valence-electron chi connectivity index (χ4n) is 2.46. The van der Waals surface area contributed by atoms with Crippen LogP contribution in [0.5, 0.6) is 0 Å². The lowest BCUT2D eigenvalue weighted by Crippen LogP contribution is -2.30. The Bertz CT molecular complexity index is 1100. The molecule has 134 valence electrons. The van der Waals surface area contributed by atoms with E-state index >= 15 is 0 Å². The van der Waals surface area contributed by atoms with E-state index in [4.69, 9.17) is 11.6 Å². The molecule has 0 fully saturated rings. The van der Waals surface area contributed by atoms with E-state index in [1.54, 1.807) is 0 Å². The second kappa shape index (κ2) is 6.45. The van der Waals surface area contributed by atoms with Gasteiger partial charge in [-0.1, -0.05) is 23.7 Å². The van der Waals surface area contributed by atoms with Crippen LogP contribution in [0, 0.1) is 5.82 Å². The first kappa shape index (κ1) is 17.9. The number of nitrogens with zero attached hydrogens (tertiary/aromatic N) is 1. The Hall–Kier alpha value is -2.87. The number of aromatic nitrogens is 2. The summed E-state index contributed by atoms with van der Waals surface area (Å²) in [7, 11) is 0. The minimum absolute atomic E-state index is 0.0719. The van der Waals surface area contributed by atoms with Gasteiger partial charge in [0.25, 0.3) is 5.56 Å². The molecular formula is C17H9ClF4N2O2. The van der Waals surface area contributed by atoms with E-state index in [0.29, 0.717) is 0 Å². The Morgan fingerprint density at radius 2 is 1.73 bits per heavy atom. The fraction of sp³-hybridized carbons (Fsp3) is 0.0588. The van der Waals surface area contributed by atoms with Crippen LogP contribution in [0.1, 0.15) is 5.56 Å². The number of hydrogen-bond acceptors (Lipinski definition) is 2. The quantitative estimate of drug-likeness (QED) is 0.679. The number of rotatable bonds is 2. The Kier molecular flexibility index (Phi) is 4.45. The van der Waals surface area contributed by atoms with Gasteiger partial charge in [-0.3, -0.25) is 14.3 Å². The number of nitrogens with one attached hydrogen (secondary N) is 1. The van der Waals surface area contributed by atoms with Crippen LogP contribution in [0.2, 0.25) is 5.02 Å². The topological polar surface area (TPSA) is 54.9 Å². The van der Waals surface area contributed by atoms with Gasteiger partial charge in [0.05, 0.1) is 16.9 Å². The van der Waals surface area contributed by atoms with Gasteiger partial charge in [-0.25, -0.2) is 9.18 Å². The molecule has 4 nitrogen and oxygen atoms in total. The predicted octanol–water partition coefficient (Wildman–Crippen LogP) is 4.00. The Morgan fingerprint density at radius 3 is 2.38 bits per heavy atom. The molecule has 0 bridgehead atoms. The van der Waals surface area contributed by atoms with Crippen LogP contribution in [0.4, 0.5) is 17.6 Å². The van der Waals surface area contributed by atoms with Crippen LogP contribution >= 0.6 is 11.6 Å². The monoisotopic (exact) mass is 384 g/mol. The average molecular weight is 385 g/mol. The molecule has 0 aliphatic heterocycles. The molecule has 0 unspecified atom stereocenters. The van der Waals surface area contributed by atoms with Crippen LogP contribution in [-0.2, 0) is 6.18 Å². The second-order valence-electron chi connectivity index (χ2n) is 5.33. The summed E-state index contributed by atoms with van der Waals surface area (Å²) in [5.74, 6) is -0.875. The third-order valence-electron chi connectivity index (χ3n) is 3.58. The molecule has 0 atom stereocenters. The molecule has 0 spiro atoms. The Labute approximate surface area is 148 Å². The van der Waals surface area contributed by atoms with Crippen molar-refractivity contribution in [2.75, 3.05) is 0 Å². The molecule has 3 aromatic rings. The highest BCUT2D eigenvalue weighted by molar-refractivity contribution is 6.30. The smallest absolute Gasteiger partial charge is 0.274 e. The Morgan fingerprint density at radius 1 is 1.00 bits per heavy atom. The lowest BCUT2D eigenvalue weighted by Gasteiger charge is -2.14. The highest BCUT2D eigenvalue weighted by atomic mass is 35.5. The molecule has 0 saturated carbocycles. The lowest BCUT2D eigenvalue weighted by atomic mass is 10.1. The third kappa shape index (κ3) is 3.41. The normalized spacial score (nSPS) is 11.6. The van der Waals surface area contributed by atoms with Gasteiger partial charge in [-0.05, 0) is 35.9 Å². The fourth-order valence-corrected chi connectivity index (χ4v) is 2.62. The van der Waals surface area contributed by atoms with E-state index in [-0.39, 0.29) is 22.0 Å². The highest BCUT2D eigenvalue weighted by Gasteiger charge is 2.30. The average Bonchev–Trinajstić information content (AvgIpc) is 2.55. The third-order valence-corrected chi connectivity index (χ3v) is 3.81. The highest BCUT2D eigenvalue weighted by Crippen LogP contribution is 2.32. The van der Waals surface area contributed by atoms with Crippen molar-refractivity contribution in [1.82, 2.24) is 9.55 Å². The second-order valence-corrected chi connectivity index (χ2v) is 5.77. The largest absolute Gasteiger partial charge is 0.416 e. The predicted molar refractivity (Wildman–Crippen MR) is 88.1 cm³/mol.